The predicted molar refractivity (Wildman–Crippen MR) is 106 cm³/mol. The summed E-state index contributed by atoms with van der Waals surface area (Å²) in [4.78, 5) is 23.7. The molecular weight excluding hydrogens is 360 g/mol. The van der Waals surface area contributed by atoms with Gasteiger partial charge in [-0.05, 0) is 6.07 Å². The highest BCUT2D eigenvalue weighted by Crippen LogP contribution is 2.23. The van der Waals surface area contributed by atoms with Crippen molar-refractivity contribution < 1.29 is 9.53 Å². The molecule has 3 aromatic rings. The van der Waals surface area contributed by atoms with Crippen LogP contribution < -0.4 is 10.2 Å². The number of hydrogen-bond acceptors (Lipinski definition) is 6. The molecule has 2 aromatic heterocycles. The quantitative estimate of drug-likeness (QED) is 0.737. The molecule has 0 aliphatic carbocycles. The first kappa shape index (κ1) is 17.6. The standard InChI is InChI=1S/C20H20N4O2S/c25-19(17-14-27-20(23-17)15-5-2-1-3-6-15)22-13-16-7-4-8-21-18(16)24-9-11-26-12-10-24/h1-8,14H,9-13H2,(H,22,25). The fourth-order valence-electron chi connectivity index (χ4n) is 2.99. The average molecular weight is 380 g/mol. The number of hydrogen-bond donors (Lipinski definition) is 1. The van der Waals surface area contributed by atoms with Crippen LogP contribution in [0.3, 0.4) is 0 Å². The molecule has 0 atom stereocenters. The van der Waals surface area contributed by atoms with Gasteiger partial charge < -0.3 is 15.0 Å². The number of morpholine rings is 1. The third-order valence-electron chi connectivity index (χ3n) is 4.38. The normalized spacial score (nSPS) is 14.1. The van der Waals surface area contributed by atoms with E-state index in [1.807, 2.05) is 42.5 Å². The van der Waals surface area contributed by atoms with E-state index in [0.717, 1.165) is 35.0 Å². The van der Waals surface area contributed by atoms with E-state index in [9.17, 15) is 4.79 Å². The highest BCUT2D eigenvalue weighted by atomic mass is 32.1. The van der Waals surface area contributed by atoms with Crippen LogP contribution in [-0.4, -0.2) is 42.2 Å². The first-order valence-corrected chi connectivity index (χ1v) is 9.75. The van der Waals surface area contributed by atoms with E-state index in [-0.39, 0.29) is 5.91 Å². The van der Waals surface area contributed by atoms with E-state index in [4.69, 9.17) is 4.74 Å². The number of rotatable bonds is 5. The van der Waals surface area contributed by atoms with Crippen LogP contribution >= 0.6 is 11.3 Å². The maximum absolute atomic E-state index is 12.5. The molecule has 1 aromatic carbocycles. The molecule has 1 amide bonds. The molecule has 0 unspecified atom stereocenters. The van der Waals surface area contributed by atoms with Crippen molar-refractivity contribution >= 4 is 23.1 Å². The number of thiazole rings is 1. The van der Waals surface area contributed by atoms with Gasteiger partial charge in [0.1, 0.15) is 16.5 Å². The molecular formula is C20H20N4O2S. The number of anilines is 1. The zero-order valence-corrected chi connectivity index (χ0v) is 15.6. The van der Waals surface area contributed by atoms with Gasteiger partial charge in [-0.15, -0.1) is 11.3 Å². The van der Waals surface area contributed by atoms with Gasteiger partial charge in [-0.1, -0.05) is 36.4 Å². The topological polar surface area (TPSA) is 67.4 Å². The molecule has 7 heteroatoms. The van der Waals surface area contributed by atoms with Crippen molar-refractivity contribution in [3.05, 3.63) is 65.3 Å². The van der Waals surface area contributed by atoms with Gasteiger partial charge in [0.15, 0.2) is 0 Å². The number of nitrogens with one attached hydrogen (secondary N) is 1. The van der Waals surface area contributed by atoms with Gasteiger partial charge in [0.25, 0.3) is 5.91 Å². The molecule has 0 bridgehead atoms. The monoisotopic (exact) mass is 380 g/mol. The highest BCUT2D eigenvalue weighted by Gasteiger charge is 2.17. The fraction of sp³-hybridized carbons (Fsp3) is 0.250. The molecule has 0 saturated carbocycles. The molecule has 1 N–H and O–H groups in total. The molecule has 3 heterocycles. The lowest BCUT2D eigenvalue weighted by molar-refractivity contribution is 0.0946. The van der Waals surface area contributed by atoms with Crippen LogP contribution in [0, 0.1) is 0 Å². The highest BCUT2D eigenvalue weighted by molar-refractivity contribution is 7.13. The van der Waals surface area contributed by atoms with Gasteiger partial charge in [-0.2, -0.15) is 0 Å². The Morgan fingerprint density at radius 3 is 2.78 bits per heavy atom. The number of nitrogens with zero attached hydrogens (tertiary/aromatic N) is 3. The Morgan fingerprint density at radius 2 is 1.96 bits per heavy atom. The minimum atomic E-state index is -0.176. The Labute approximate surface area is 161 Å². The summed E-state index contributed by atoms with van der Waals surface area (Å²) in [5.41, 5.74) is 2.45. The van der Waals surface area contributed by atoms with Crippen molar-refractivity contribution in [1.82, 2.24) is 15.3 Å². The van der Waals surface area contributed by atoms with Crippen molar-refractivity contribution in [1.29, 1.82) is 0 Å². The third-order valence-corrected chi connectivity index (χ3v) is 5.27. The summed E-state index contributed by atoms with van der Waals surface area (Å²) in [6.07, 6.45) is 1.78. The van der Waals surface area contributed by atoms with Crippen molar-refractivity contribution in [3.63, 3.8) is 0 Å². The first-order chi connectivity index (χ1) is 13.3. The molecule has 1 aliphatic heterocycles. The van der Waals surface area contributed by atoms with E-state index in [1.54, 1.807) is 11.6 Å². The molecule has 4 rings (SSSR count). The number of carbonyl (C=O) groups is 1. The first-order valence-electron chi connectivity index (χ1n) is 8.87. The van der Waals surface area contributed by atoms with Crippen LogP contribution in [0.4, 0.5) is 5.82 Å². The molecule has 138 valence electrons. The number of carbonyl (C=O) groups excluding carboxylic acids is 1. The largest absolute Gasteiger partial charge is 0.378 e. The zero-order valence-electron chi connectivity index (χ0n) is 14.8. The average Bonchev–Trinajstić information content (AvgIpc) is 3.24. The lowest BCUT2D eigenvalue weighted by Crippen LogP contribution is -2.37. The number of benzene rings is 1. The SMILES string of the molecule is O=C(NCc1cccnc1N1CCOCC1)c1csc(-c2ccccc2)n1. The Balaban J connectivity index is 1.43. The minimum absolute atomic E-state index is 0.176. The summed E-state index contributed by atoms with van der Waals surface area (Å²) < 4.78 is 5.41. The maximum atomic E-state index is 12.5. The number of ether oxygens (including phenoxy) is 1. The van der Waals surface area contributed by atoms with Crippen LogP contribution in [0.2, 0.25) is 0 Å². The van der Waals surface area contributed by atoms with E-state index in [1.165, 1.54) is 11.3 Å². The van der Waals surface area contributed by atoms with Gasteiger partial charge in [0, 0.05) is 42.3 Å². The number of aromatic nitrogens is 2. The molecule has 0 spiro atoms. The van der Waals surface area contributed by atoms with Crippen LogP contribution in [0.25, 0.3) is 10.6 Å². The van der Waals surface area contributed by atoms with Crippen LogP contribution in [0.15, 0.2) is 54.0 Å². The summed E-state index contributed by atoms with van der Waals surface area (Å²) in [7, 11) is 0. The van der Waals surface area contributed by atoms with Crippen LogP contribution in [-0.2, 0) is 11.3 Å². The van der Waals surface area contributed by atoms with Crippen molar-refractivity contribution in [3.8, 4) is 10.6 Å². The second-order valence-corrected chi connectivity index (χ2v) is 7.03. The van der Waals surface area contributed by atoms with Gasteiger partial charge in [-0.25, -0.2) is 9.97 Å². The fourth-order valence-corrected chi connectivity index (χ4v) is 3.79. The smallest absolute Gasteiger partial charge is 0.271 e. The second kappa shape index (κ2) is 8.28. The summed E-state index contributed by atoms with van der Waals surface area (Å²) in [5.74, 6) is 0.731. The molecule has 6 nitrogen and oxygen atoms in total. The summed E-state index contributed by atoms with van der Waals surface area (Å²) in [6.45, 7) is 3.43. The molecule has 27 heavy (non-hydrogen) atoms. The summed E-state index contributed by atoms with van der Waals surface area (Å²) in [6, 6.07) is 13.8. The van der Waals surface area contributed by atoms with Crippen LogP contribution in [0.1, 0.15) is 16.1 Å². The summed E-state index contributed by atoms with van der Waals surface area (Å²) >= 11 is 1.47. The van der Waals surface area contributed by atoms with Gasteiger partial charge in [0.05, 0.1) is 13.2 Å². The Hall–Kier alpha value is -2.77. The molecule has 1 fully saturated rings. The van der Waals surface area contributed by atoms with E-state index in [0.29, 0.717) is 25.5 Å². The Morgan fingerprint density at radius 1 is 1.15 bits per heavy atom. The van der Waals surface area contributed by atoms with Gasteiger partial charge in [-0.3, -0.25) is 4.79 Å². The molecule has 1 saturated heterocycles. The van der Waals surface area contributed by atoms with Crippen molar-refractivity contribution in [2.24, 2.45) is 0 Å². The van der Waals surface area contributed by atoms with E-state index < -0.39 is 0 Å². The lowest BCUT2D eigenvalue weighted by atomic mass is 10.2. The number of amides is 1. The van der Waals surface area contributed by atoms with Crippen LogP contribution in [0.5, 0.6) is 0 Å². The van der Waals surface area contributed by atoms with Gasteiger partial charge in [0.2, 0.25) is 0 Å². The van der Waals surface area contributed by atoms with Crippen molar-refractivity contribution in [2.75, 3.05) is 31.2 Å². The summed E-state index contributed by atoms with van der Waals surface area (Å²) in [5, 5.41) is 5.61. The Bertz CT molecular complexity index is 907. The second-order valence-electron chi connectivity index (χ2n) is 6.17. The van der Waals surface area contributed by atoms with E-state index >= 15 is 0 Å². The third kappa shape index (κ3) is 4.15. The van der Waals surface area contributed by atoms with E-state index in [2.05, 4.69) is 20.2 Å². The predicted octanol–water partition coefficient (Wildman–Crippen LogP) is 2.97. The Kier molecular flexibility index (Phi) is 5.41. The molecule has 0 radical (unpaired) electrons. The van der Waals surface area contributed by atoms with Crippen molar-refractivity contribution in [2.45, 2.75) is 6.54 Å². The maximum Gasteiger partial charge on any atom is 0.271 e. The number of pyridine rings is 1. The molecule has 1 aliphatic rings. The zero-order chi connectivity index (χ0) is 18.5. The lowest BCUT2D eigenvalue weighted by Gasteiger charge is -2.29. The minimum Gasteiger partial charge on any atom is -0.378 e. The van der Waals surface area contributed by atoms with Gasteiger partial charge >= 0.3 is 0 Å².